The summed E-state index contributed by atoms with van der Waals surface area (Å²) in [5, 5.41) is 0. The molecule has 0 aliphatic rings. The molecule has 0 aliphatic carbocycles. The highest BCUT2D eigenvalue weighted by Crippen LogP contribution is 1.73. The minimum Gasteiger partial charge on any atom is -0.107 e. The minimum absolute atomic E-state index is 0. The van der Waals surface area contributed by atoms with Crippen molar-refractivity contribution in [3.63, 3.8) is 0 Å². The van der Waals surface area contributed by atoms with Gasteiger partial charge in [0.2, 0.25) is 0 Å². The van der Waals surface area contributed by atoms with Crippen molar-refractivity contribution >= 4 is 34.2 Å². The normalized spacial score (nSPS) is 6.60. The summed E-state index contributed by atoms with van der Waals surface area (Å²) >= 11 is 0. The van der Waals surface area contributed by atoms with E-state index in [0.717, 1.165) is 0 Å². The zero-order valence-electron chi connectivity index (χ0n) is 3.82. The molecule has 0 aromatic rings. The van der Waals surface area contributed by atoms with Gasteiger partial charge in [0.1, 0.15) is 0 Å². The second kappa shape index (κ2) is 8.87. The van der Waals surface area contributed by atoms with Gasteiger partial charge in [-0.25, -0.2) is 0 Å². The second-order valence-electron chi connectivity index (χ2n) is 1.000. The zero-order chi connectivity index (χ0) is 3.41. The van der Waals surface area contributed by atoms with Gasteiger partial charge in [-0.2, -0.15) is 0 Å². The van der Waals surface area contributed by atoms with Crippen LogP contribution in [-0.2, 0) is 0 Å². The molecule has 0 nitrogen and oxygen atoms in total. The van der Waals surface area contributed by atoms with E-state index in [2.05, 4.69) is 6.92 Å². The number of rotatable bonds is 1. The van der Waals surface area contributed by atoms with Crippen molar-refractivity contribution < 1.29 is 0 Å². The third-order valence-electron chi connectivity index (χ3n) is 0.500. The standard InChI is InChI=1S/C3H10Si.HI/c1-2-3-4;/h2-3H2,1,4H3;1H. The molecule has 0 spiro atoms. The van der Waals surface area contributed by atoms with E-state index in [0.29, 0.717) is 0 Å². The van der Waals surface area contributed by atoms with Gasteiger partial charge in [-0.3, -0.25) is 0 Å². The molecule has 0 N–H and O–H groups in total. The highest BCUT2D eigenvalue weighted by Gasteiger charge is 1.57. The molecule has 0 aromatic carbocycles. The SMILES string of the molecule is CCC[SiH3].I. The van der Waals surface area contributed by atoms with E-state index in [1.165, 1.54) is 22.7 Å². The van der Waals surface area contributed by atoms with Crippen molar-refractivity contribution in [3.8, 4) is 0 Å². The molecule has 2 heteroatoms. The quantitative estimate of drug-likeness (QED) is 0.435. The summed E-state index contributed by atoms with van der Waals surface area (Å²) < 4.78 is 0. The topological polar surface area (TPSA) is 0 Å². The maximum atomic E-state index is 2.22. The number of hydrogen-bond acceptors (Lipinski definition) is 0. The fraction of sp³-hybridized carbons (Fsp3) is 1.00. The molecule has 0 unspecified atom stereocenters. The van der Waals surface area contributed by atoms with Gasteiger partial charge in [0.05, 0.1) is 0 Å². The van der Waals surface area contributed by atoms with E-state index in [4.69, 9.17) is 0 Å². The highest BCUT2D eigenvalue weighted by molar-refractivity contribution is 14.0. The van der Waals surface area contributed by atoms with Crippen molar-refractivity contribution in [2.45, 2.75) is 19.4 Å². The summed E-state index contributed by atoms with van der Waals surface area (Å²) in [6, 6.07) is 1.46. The third kappa shape index (κ3) is 11.3. The minimum atomic E-state index is 0. The molecule has 5 heavy (non-hydrogen) atoms. The van der Waals surface area contributed by atoms with Gasteiger partial charge >= 0.3 is 0 Å². The summed E-state index contributed by atoms with van der Waals surface area (Å²) in [6.45, 7) is 2.22. The average molecular weight is 202 g/mol. The molecule has 0 atom stereocenters. The Labute approximate surface area is 53.8 Å². The van der Waals surface area contributed by atoms with Gasteiger partial charge in [0, 0.05) is 10.2 Å². The first kappa shape index (κ1) is 9.34. The first-order chi connectivity index (χ1) is 1.91. The van der Waals surface area contributed by atoms with E-state index in [9.17, 15) is 0 Å². The van der Waals surface area contributed by atoms with Crippen LogP contribution in [0.15, 0.2) is 0 Å². The molecule has 0 amide bonds. The van der Waals surface area contributed by atoms with Crippen LogP contribution in [0.25, 0.3) is 0 Å². The Morgan fingerprint density at radius 3 is 1.80 bits per heavy atom. The molecule has 0 aliphatic heterocycles. The van der Waals surface area contributed by atoms with Gasteiger partial charge in [-0.1, -0.05) is 19.4 Å². The Hall–Kier alpha value is 0.947. The van der Waals surface area contributed by atoms with E-state index in [-0.39, 0.29) is 24.0 Å². The van der Waals surface area contributed by atoms with Crippen LogP contribution in [0.4, 0.5) is 0 Å². The molecular formula is C3H11ISi. The molecular weight excluding hydrogens is 191 g/mol. The maximum Gasteiger partial charge on any atom is 0.00278 e. The Morgan fingerprint density at radius 1 is 1.60 bits per heavy atom. The van der Waals surface area contributed by atoms with Crippen molar-refractivity contribution in [1.82, 2.24) is 0 Å². The van der Waals surface area contributed by atoms with Crippen LogP contribution < -0.4 is 0 Å². The van der Waals surface area contributed by atoms with Crippen molar-refractivity contribution in [3.05, 3.63) is 0 Å². The van der Waals surface area contributed by atoms with Gasteiger partial charge in [0.15, 0.2) is 0 Å². The first-order valence-corrected chi connectivity index (χ1v) is 3.33. The van der Waals surface area contributed by atoms with Crippen LogP contribution in [0.3, 0.4) is 0 Å². The Bertz CT molecular complexity index is 8.85. The van der Waals surface area contributed by atoms with E-state index < -0.39 is 0 Å². The van der Waals surface area contributed by atoms with Crippen molar-refractivity contribution in [1.29, 1.82) is 0 Å². The zero-order valence-corrected chi connectivity index (χ0v) is 8.15. The highest BCUT2D eigenvalue weighted by atomic mass is 127. The van der Waals surface area contributed by atoms with Crippen LogP contribution in [0, 0.1) is 0 Å². The molecule has 34 valence electrons. The van der Waals surface area contributed by atoms with Gasteiger partial charge in [-0.05, 0) is 0 Å². The van der Waals surface area contributed by atoms with Crippen molar-refractivity contribution in [2.24, 2.45) is 0 Å². The lowest BCUT2D eigenvalue weighted by Gasteiger charge is -1.67. The molecule has 0 saturated heterocycles. The lowest BCUT2D eigenvalue weighted by atomic mass is 10.6. The predicted octanol–water partition coefficient (Wildman–Crippen LogP) is 0.798. The van der Waals surface area contributed by atoms with Crippen LogP contribution in [0.1, 0.15) is 13.3 Å². The Kier molecular flexibility index (Phi) is 16.6. The van der Waals surface area contributed by atoms with E-state index in [1.54, 1.807) is 0 Å². The maximum absolute atomic E-state index is 2.22. The summed E-state index contributed by atoms with van der Waals surface area (Å²) in [5.74, 6) is 0. The van der Waals surface area contributed by atoms with Gasteiger partial charge < -0.3 is 0 Å². The van der Waals surface area contributed by atoms with Crippen molar-refractivity contribution in [2.75, 3.05) is 0 Å². The molecule has 0 heterocycles. The molecule has 0 aromatic heterocycles. The first-order valence-electron chi connectivity index (χ1n) is 1.91. The smallest absolute Gasteiger partial charge is 0.00278 e. The number of halogens is 1. The Balaban J connectivity index is 0. The van der Waals surface area contributed by atoms with Crippen LogP contribution >= 0.6 is 24.0 Å². The van der Waals surface area contributed by atoms with Crippen LogP contribution in [-0.4, -0.2) is 10.2 Å². The summed E-state index contributed by atoms with van der Waals surface area (Å²) in [7, 11) is 1.39. The molecule has 0 fully saturated rings. The van der Waals surface area contributed by atoms with Crippen LogP contribution in [0.5, 0.6) is 0 Å². The summed E-state index contributed by atoms with van der Waals surface area (Å²) in [5.41, 5.74) is 0. The molecule has 0 saturated carbocycles. The molecule has 0 radical (unpaired) electrons. The summed E-state index contributed by atoms with van der Waals surface area (Å²) in [4.78, 5) is 0. The number of hydrogen-bond donors (Lipinski definition) is 0. The predicted molar refractivity (Wildman–Crippen MR) is 40.5 cm³/mol. The molecule has 0 bridgehead atoms. The van der Waals surface area contributed by atoms with E-state index >= 15 is 0 Å². The van der Waals surface area contributed by atoms with Gasteiger partial charge in [-0.15, -0.1) is 24.0 Å². The summed E-state index contributed by atoms with van der Waals surface area (Å²) in [6.07, 6.45) is 1.38. The monoisotopic (exact) mass is 202 g/mol. The van der Waals surface area contributed by atoms with Gasteiger partial charge in [0.25, 0.3) is 0 Å². The second-order valence-corrected chi connectivity index (χ2v) is 2.00. The fourth-order valence-corrected chi connectivity index (χ4v) is 0. The third-order valence-corrected chi connectivity index (χ3v) is 1.50. The largest absolute Gasteiger partial charge is 0.107 e. The molecule has 0 rings (SSSR count). The lowest BCUT2D eigenvalue weighted by molar-refractivity contribution is 1.08. The Morgan fingerprint density at radius 2 is 1.80 bits per heavy atom. The van der Waals surface area contributed by atoms with Crippen LogP contribution in [0.2, 0.25) is 6.04 Å². The van der Waals surface area contributed by atoms with E-state index in [1.807, 2.05) is 0 Å². The fourth-order valence-electron chi connectivity index (χ4n) is 0. The average Bonchev–Trinajstić information content (AvgIpc) is 1.37. The lowest BCUT2D eigenvalue weighted by Crippen LogP contribution is -1.55.